The smallest absolute Gasteiger partial charge is 0.224 e. The highest BCUT2D eigenvalue weighted by Gasteiger charge is 2.20. The molecule has 1 aromatic carbocycles. The first-order valence-electron chi connectivity index (χ1n) is 7.21. The van der Waals surface area contributed by atoms with Crippen LogP contribution in [0.3, 0.4) is 0 Å². The van der Waals surface area contributed by atoms with Gasteiger partial charge in [0.05, 0.1) is 12.9 Å². The van der Waals surface area contributed by atoms with Crippen LogP contribution in [-0.4, -0.2) is 33.1 Å². The highest BCUT2D eigenvalue weighted by molar-refractivity contribution is 5.83. The number of hydrogen-bond donors (Lipinski definition) is 3. The first-order valence-corrected chi connectivity index (χ1v) is 7.21. The maximum atomic E-state index is 5.80. The molecule has 0 amide bonds. The van der Waals surface area contributed by atoms with Crippen LogP contribution in [0.15, 0.2) is 30.6 Å². The average Bonchev–Trinajstić information content (AvgIpc) is 3.00. The standard InChI is InChI=1S/C15H16N6O/c16-15-20-13(12-14(21-15)19-8-18-12)17-6-9-5-10-3-1-2-4-11(10)22-7-9/h1-4,8-9H,5-7H2,(H4,16,17,18,19,20,21). The van der Waals surface area contributed by atoms with Gasteiger partial charge in [0.15, 0.2) is 11.5 Å². The Kier molecular flexibility index (Phi) is 3.03. The quantitative estimate of drug-likeness (QED) is 0.678. The Balaban J connectivity index is 1.50. The van der Waals surface area contributed by atoms with Crippen LogP contribution >= 0.6 is 0 Å². The molecule has 0 fully saturated rings. The first kappa shape index (κ1) is 12.9. The Bertz CT molecular complexity index is 815. The minimum atomic E-state index is 0.215. The van der Waals surface area contributed by atoms with E-state index < -0.39 is 0 Å². The SMILES string of the molecule is Nc1nc(NCC2COc3ccccc3C2)c2[nH]cnc2n1. The second-order valence-corrected chi connectivity index (χ2v) is 5.40. The number of nitrogen functional groups attached to an aromatic ring is 1. The molecule has 1 aliphatic heterocycles. The number of H-pyrrole nitrogens is 1. The lowest BCUT2D eigenvalue weighted by molar-refractivity contribution is 0.229. The van der Waals surface area contributed by atoms with E-state index in [0.717, 1.165) is 24.2 Å². The van der Waals surface area contributed by atoms with E-state index in [1.807, 2.05) is 18.2 Å². The topological polar surface area (TPSA) is 102 Å². The second-order valence-electron chi connectivity index (χ2n) is 5.40. The molecule has 0 saturated carbocycles. The molecule has 1 atom stereocenters. The molecule has 2 aromatic heterocycles. The molecule has 1 unspecified atom stereocenters. The van der Waals surface area contributed by atoms with Crippen LogP contribution in [0.5, 0.6) is 5.75 Å². The van der Waals surface area contributed by atoms with Crippen LogP contribution in [0.1, 0.15) is 5.56 Å². The average molecular weight is 296 g/mol. The highest BCUT2D eigenvalue weighted by Crippen LogP contribution is 2.27. The van der Waals surface area contributed by atoms with Crippen LogP contribution in [-0.2, 0) is 6.42 Å². The fraction of sp³-hybridized carbons (Fsp3) is 0.267. The van der Waals surface area contributed by atoms with Crippen molar-refractivity contribution in [1.82, 2.24) is 19.9 Å². The highest BCUT2D eigenvalue weighted by atomic mass is 16.5. The lowest BCUT2D eigenvalue weighted by Gasteiger charge is -2.25. The third-order valence-electron chi connectivity index (χ3n) is 3.82. The van der Waals surface area contributed by atoms with Gasteiger partial charge in [-0.05, 0) is 18.1 Å². The summed E-state index contributed by atoms with van der Waals surface area (Å²) in [6.07, 6.45) is 2.57. The number of aromatic nitrogens is 4. The maximum absolute atomic E-state index is 5.80. The van der Waals surface area contributed by atoms with Crippen LogP contribution in [0.25, 0.3) is 11.2 Å². The fourth-order valence-electron chi connectivity index (χ4n) is 2.74. The number of rotatable bonds is 3. The molecule has 22 heavy (non-hydrogen) atoms. The number of nitrogens with zero attached hydrogens (tertiary/aromatic N) is 3. The molecule has 0 saturated heterocycles. The van der Waals surface area contributed by atoms with Crippen molar-refractivity contribution in [3.63, 3.8) is 0 Å². The van der Waals surface area contributed by atoms with Crippen LogP contribution in [0.4, 0.5) is 11.8 Å². The molecule has 112 valence electrons. The number of anilines is 2. The summed E-state index contributed by atoms with van der Waals surface area (Å²) in [5.74, 6) is 2.26. The van der Waals surface area contributed by atoms with E-state index >= 15 is 0 Å². The summed E-state index contributed by atoms with van der Waals surface area (Å²) >= 11 is 0. The third-order valence-corrected chi connectivity index (χ3v) is 3.82. The number of nitrogens with two attached hydrogens (primary N) is 1. The lowest BCUT2D eigenvalue weighted by Crippen LogP contribution is -2.27. The molecule has 4 rings (SSSR count). The van der Waals surface area contributed by atoms with Crippen molar-refractivity contribution >= 4 is 22.9 Å². The van der Waals surface area contributed by atoms with Gasteiger partial charge in [0.25, 0.3) is 0 Å². The van der Waals surface area contributed by atoms with Gasteiger partial charge in [0.1, 0.15) is 11.3 Å². The number of benzene rings is 1. The van der Waals surface area contributed by atoms with Gasteiger partial charge in [-0.2, -0.15) is 9.97 Å². The van der Waals surface area contributed by atoms with Gasteiger partial charge in [-0.25, -0.2) is 4.98 Å². The molecule has 0 bridgehead atoms. The number of para-hydroxylation sites is 1. The Morgan fingerprint density at radius 2 is 2.23 bits per heavy atom. The van der Waals surface area contributed by atoms with Gasteiger partial charge < -0.3 is 20.8 Å². The molecule has 3 aromatic rings. The van der Waals surface area contributed by atoms with E-state index in [-0.39, 0.29) is 5.95 Å². The summed E-state index contributed by atoms with van der Waals surface area (Å²) < 4.78 is 5.80. The van der Waals surface area contributed by atoms with Gasteiger partial charge in [0, 0.05) is 12.5 Å². The van der Waals surface area contributed by atoms with E-state index in [1.54, 1.807) is 6.33 Å². The summed E-state index contributed by atoms with van der Waals surface area (Å²) in [6.45, 7) is 1.44. The number of fused-ring (bicyclic) bond motifs is 2. The normalized spacial score (nSPS) is 17.0. The molecule has 4 N–H and O–H groups in total. The van der Waals surface area contributed by atoms with E-state index in [4.69, 9.17) is 10.5 Å². The third kappa shape index (κ3) is 2.30. The van der Waals surface area contributed by atoms with Crippen LogP contribution in [0, 0.1) is 5.92 Å². The molecule has 0 spiro atoms. The summed E-state index contributed by atoms with van der Waals surface area (Å²) in [4.78, 5) is 15.5. The number of nitrogens with one attached hydrogen (secondary N) is 2. The molecule has 3 heterocycles. The van der Waals surface area contributed by atoms with Crippen molar-refractivity contribution in [1.29, 1.82) is 0 Å². The van der Waals surface area contributed by atoms with Gasteiger partial charge in [0.2, 0.25) is 5.95 Å². The van der Waals surface area contributed by atoms with Gasteiger partial charge in [-0.1, -0.05) is 18.2 Å². The summed E-state index contributed by atoms with van der Waals surface area (Å²) in [5.41, 5.74) is 8.30. The number of hydrogen-bond acceptors (Lipinski definition) is 6. The largest absolute Gasteiger partial charge is 0.493 e. The summed E-state index contributed by atoms with van der Waals surface area (Å²) in [6, 6.07) is 8.16. The van der Waals surface area contributed by atoms with Gasteiger partial charge in [-0.15, -0.1) is 0 Å². The number of aromatic amines is 1. The molecule has 1 aliphatic rings. The van der Waals surface area contributed by atoms with E-state index in [2.05, 4.69) is 31.3 Å². The molecule has 0 aliphatic carbocycles. The zero-order valence-corrected chi connectivity index (χ0v) is 11.9. The van der Waals surface area contributed by atoms with Crippen molar-refractivity contribution in [2.45, 2.75) is 6.42 Å². The molecular formula is C15H16N6O. The lowest BCUT2D eigenvalue weighted by atomic mass is 9.97. The van der Waals surface area contributed by atoms with E-state index in [0.29, 0.717) is 24.0 Å². The number of imidazole rings is 1. The van der Waals surface area contributed by atoms with Crippen molar-refractivity contribution < 1.29 is 4.74 Å². The monoisotopic (exact) mass is 296 g/mol. The van der Waals surface area contributed by atoms with Crippen molar-refractivity contribution in [2.75, 3.05) is 24.2 Å². The summed E-state index contributed by atoms with van der Waals surface area (Å²) in [7, 11) is 0. The minimum absolute atomic E-state index is 0.215. The van der Waals surface area contributed by atoms with Crippen molar-refractivity contribution in [2.24, 2.45) is 5.92 Å². The molecule has 7 nitrogen and oxygen atoms in total. The summed E-state index contributed by atoms with van der Waals surface area (Å²) in [5, 5.41) is 3.33. The van der Waals surface area contributed by atoms with E-state index in [1.165, 1.54) is 5.56 Å². The van der Waals surface area contributed by atoms with Crippen molar-refractivity contribution in [3.8, 4) is 5.75 Å². The zero-order valence-electron chi connectivity index (χ0n) is 11.9. The van der Waals surface area contributed by atoms with Crippen LogP contribution in [0.2, 0.25) is 0 Å². The Morgan fingerprint density at radius 1 is 1.32 bits per heavy atom. The number of ether oxygens (including phenoxy) is 1. The van der Waals surface area contributed by atoms with Crippen molar-refractivity contribution in [3.05, 3.63) is 36.2 Å². The van der Waals surface area contributed by atoms with E-state index in [9.17, 15) is 0 Å². The Labute approximate surface area is 126 Å². The molecule has 7 heteroatoms. The molecule has 0 radical (unpaired) electrons. The predicted molar refractivity (Wildman–Crippen MR) is 83.7 cm³/mol. The predicted octanol–water partition coefficient (Wildman–Crippen LogP) is 1.60. The first-order chi connectivity index (χ1) is 10.8. The van der Waals surface area contributed by atoms with Crippen LogP contribution < -0.4 is 15.8 Å². The Hall–Kier alpha value is -2.83. The van der Waals surface area contributed by atoms with Gasteiger partial charge in [-0.3, -0.25) is 0 Å². The molecular weight excluding hydrogens is 280 g/mol. The maximum Gasteiger partial charge on any atom is 0.224 e. The fourth-order valence-corrected chi connectivity index (χ4v) is 2.74. The minimum Gasteiger partial charge on any atom is -0.493 e. The zero-order chi connectivity index (χ0) is 14.9. The van der Waals surface area contributed by atoms with Gasteiger partial charge >= 0.3 is 0 Å². The second kappa shape index (κ2) is 5.18. The Morgan fingerprint density at radius 3 is 3.18 bits per heavy atom.